The van der Waals surface area contributed by atoms with Crippen LogP contribution in [0, 0.1) is 12.7 Å². The molecule has 0 atom stereocenters. The van der Waals surface area contributed by atoms with Gasteiger partial charge < -0.3 is 14.2 Å². The van der Waals surface area contributed by atoms with Crippen LogP contribution in [0.3, 0.4) is 0 Å². The molecule has 37 heavy (non-hydrogen) atoms. The summed E-state index contributed by atoms with van der Waals surface area (Å²) in [4.78, 5) is 15.4. The van der Waals surface area contributed by atoms with Crippen LogP contribution in [0.15, 0.2) is 72.1 Å². The second-order valence-electron chi connectivity index (χ2n) is 8.36. The van der Waals surface area contributed by atoms with Crippen LogP contribution in [0.5, 0.6) is 11.5 Å². The summed E-state index contributed by atoms with van der Waals surface area (Å²) in [7, 11) is 3.44. The summed E-state index contributed by atoms with van der Waals surface area (Å²) in [5, 5.41) is 8.15. The maximum atomic E-state index is 14.0. The molecule has 4 rings (SSSR count). The van der Waals surface area contributed by atoms with Gasteiger partial charge in [0.15, 0.2) is 5.84 Å². The van der Waals surface area contributed by atoms with E-state index in [1.807, 2.05) is 44.4 Å². The minimum atomic E-state index is -0.342. The Morgan fingerprint density at radius 3 is 2.76 bits per heavy atom. The number of nitrogens with zero attached hydrogens (tertiary/aromatic N) is 4. The molecule has 0 bridgehead atoms. The number of halogens is 1. The van der Waals surface area contributed by atoms with Gasteiger partial charge in [0, 0.05) is 43.4 Å². The molecule has 2 aromatic carbocycles. The number of fused-ring (bicyclic) bond motifs is 2. The van der Waals surface area contributed by atoms with E-state index in [1.54, 1.807) is 35.0 Å². The van der Waals surface area contributed by atoms with E-state index in [0.717, 1.165) is 21.9 Å². The fourth-order valence-corrected chi connectivity index (χ4v) is 3.92. The Labute approximate surface area is 214 Å². The zero-order valence-electron chi connectivity index (χ0n) is 21.1. The molecule has 0 aliphatic carbocycles. The van der Waals surface area contributed by atoms with Crippen molar-refractivity contribution in [2.24, 2.45) is 5.10 Å². The minimum absolute atomic E-state index is 0.342. The van der Waals surface area contributed by atoms with Gasteiger partial charge in [-0.1, -0.05) is 0 Å². The normalized spacial score (nSPS) is 11.9. The van der Waals surface area contributed by atoms with Crippen molar-refractivity contribution in [3.8, 4) is 11.5 Å². The molecule has 0 spiro atoms. The van der Waals surface area contributed by atoms with Crippen molar-refractivity contribution in [3.63, 3.8) is 0 Å². The largest absolute Gasteiger partial charge is 0.491 e. The van der Waals surface area contributed by atoms with E-state index in [4.69, 9.17) is 14.2 Å². The van der Waals surface area contributed by atoms with E-state index in [2.05, 4.69) is 10.1 Å². The lowest BCUT2D eigenvalue weighted by Gasteiger charge is -2.17. The fraction of sp³-hybridized carbons (Fsp3) is 0.250. The van der Waals surface area contributed by atoms with Crippen molar-refractivity contribution in [2.45, 2.75) is 6.92 Å². The Morgan fingerprint density at radius 2 is 1.95 bits per heavy atom. The quantitative estimate of drug-likeness (QED) is 0.0743. The topological polar surface area (TPSA) is 78.2 Å². The summed E-state index contributed by atoms with van der Waals surface area (Å²) in [6.45, 7) is 3.74. The highest BCUT2D eigenvalue weighted by molar-refractivity contribution is 6.03. The molecule has 0 aliphatic rings. The van der Waals surface area contributed by atoms with Crippen LogP contribution in [-0.4, -0.2) is 67.2 Å². The van der Waals surface area contributed by atoms with Crippen molar-refractivity contribution in [2.75, 3.05) is 40.5 Å². The summed E-state index contributed by atoms with van der Waals surface area (Å²) in [5.41, 5.74) is 2.41. The molecular weight excluding hydrogens is 475 g/mol. The summed E-state index contributed by atoms with van der Waals surface area (Å²) in [6, 6.07) is 12.1. The van der Waals surface area contributed by atoms with Crippen LogP contribution in [0.25, 0.3) is 21.8 Å². The monoisotopic (exact) mass is 504 g/mol. The van der Waals surface area contributed by atoms with Gasteiger partial charge in [-0.05, 0) is 61.0 Å². The SMILES string of the molecule is COCCOc1ccc2c(OCCN(C)/N=C(\C=C/C=O)n3cc(C)c4ccc(F)cc43)ccnc2c1. The van der Waals surface area contributed by atoms with E-state index in [0.29, 0.717) is 55.5 Å². The van der Waals surface area contributed by atoms with Crippen LogP contribution in [0.4, 0.5) is 4.39 Å². The lowest BCUT2D eigenvalue weighted by molar-refractivity contribution is -0.104. The van der Waals surface area contributed by atoms with Crippen molar-refractivity contribution in [1.29, 1.82) is 0 Å². The van der Waals surface area contributed by atoms with Crippen molar-refractivity contribution >= 4 is 33.9 Å². The molecule has 0 aliphatic heterocycles. The summed E-state index contributed by atoms with van der Waals surface area (Å²) in [5.74, 6) is 1.56. The number of likely N-dealkylation sites (N-methyl/N-ethyl adjacent to an activating group) is 1. The number of aromatic nitrogens is 2. The van der Waals surface area contributed by atoms with Gasteiger partial charge in [-0.3, -0.25) is 19.4 Å². The van der Waals surface area contributed by atoms with Gasteiger partial charge in [0.2, 0.25) is 0 Å². The third kappa shape index (κ3) is 6.31. The van der Waals surface area contributed by atoms with E-state index in [1.165, 1.54) is 18.2 Å². The number of rotatable bonds is 11. The predicted molar refractivity (Wildman–Crippen MR) is 142 cm³/mol. The minimum Gasteiger partial charge on any atom is -0.491 e. The molecule has 2 aromatic heterocycles. The Hall–Kier alpha value is -4.24. The molecule has 0 saturated heterocycles. The maximum Gasteiger partial charge on any atom is 0.157 e. The number of hydrogen-bond acceptors (Lipinski definition) is 7. The molecule has 2 heterocycles. The van der Waals surface area contributed by atoms with E-state index < -0.39 is 0 Å². The number of benzene rings is 2. The molecular formula is C28H29FN4O4. The first-order chi connectivity index (χ1) is 18.0. The lowest BCUT2D eigenvalue weighted by atomic mass is 10.2. The van der Waals surface area contributed by atoms with Crippen LogP contribution in [-0.2, 0) is 9.53 Å². The predicted octanol–water partition coefficient (Wildman–Crippen LogP) is 4.59. The molecule has 0 radical (unpaired) electrons. The average molecular weight is 505 g/mol. The third-order valence-corrected chi connectivity index (χ3v) is 5.71. The van der Waals surface area contributed by atoms with Gasteiger partial charge in [-0.2, -0.15) is 5.10 Å². The lowest BCUT2D eigenvalue weighted by Crippen LogP contribution is -2.22. The highest BCUT2D eigenvalue weighted by Gasteiger charge is 2.11. The summed E-state index contributed by atoms with van der Waals surface area (Å²) >= 11 is 0. The van der Waals surface area contributed by atoms with Crippen LogP contribution < -0.4 is 9.47 Å². The number of aldehydes is 1. The number of methoxy groups -OCH3 is 1. The summed E-state index contributed by atoms with van der Waals surface area (Å²) < 4.78 is 32.5. The second-order valence-corrected chi connectivity index (χ2v) is 8.36. The first-order valence-corrected chi connectivity index (χ1v) is 11.8. The van der Waals surface area contributed by atoms with Crippen LogP contribution in [0.1, 0.15) is 5.56 Å². The number of allylic oxidation sites excluding steroid dienone is 2. The molecule has 0 N–H and O–H groups in total. The van der Waals surface area contributed by atoms with Gasteiger partial charge in [0.1, 0.15) is 36.8 Å². The van der Waals surface area contributed by atoms with Gasteiger partial charge in [0.05, 0.1) is 24.2 Å². The van der Waals surface area contributed by atoms with Crippen molar-refractivity contribution in [3.05, 3.63) is 78.4 Å². The number of ether oxygens (including phenoxy) is 3. The number of carbonyl (C=O) groups excluding carboxylic acids is 1. The van der Waals surface area contributed by atoms with Crippen LogP contribution >= 0.6 is 0 Å². The molecule has 4 aromatic rings. The fourth-order valence-electron chi connectivity index (χ4n) is 3.92. The van der Waals surface area contributed by atoms with E-state index >= 15 is 0 Å². The zero-order valence-corrected chi connectivity index (χ0v) is 21.1. The van der Waals surface area contributed by atoms with Gasteiger partial charge in [0.25, 0.3) is 0 Å². The highest BCUT2D eigenvalue weighted by Crippen LogP contribution is 2.27. The Morgan fingerprint density at radius 1 is 1.11 bits per heavy atom. The third-order valence-electron chi connectivity index (χ3n) is 5.71. The molecule has 0 saturated carbocycles. The van der Waals surface area contributed by atoms with Crippen molar-refractivity contribution in [1.82, 2.24) is 14.6 Å². The highest BCUT2D eigenvalue weighted by atomic mass is 19.1. The molecule has 0 amide bonds. The van der Waals surface area contributed by atoms with E-state index in [9.17, 15) is 9.18 Å². The van der Waals surface area contributed by atoms with Gasteiger partial charge in [-0.15, -0.1) is 0 Å². The Balaban J connectivity index is 1.48. The van der Waals surface area contributed by atoms with E-state index in [-0.39, 0.29) is 5.82 Å². The molecule has 8 nitrogen and oxygen atoms in total. The Kier molecular flexibility index (Phi) is 8.48. The Bertz CT molecular complexity index is 1450. The second kappa shape index (κ2) is 12.1. The first kappa shape index (κ1) is 25.8. The molecule has 192 valence electrons. The number of hydrogen-bond donors (Lipinski definition) is 0. The molecule has 0 fully saturated rings. The number of pyridine rings is 1. The van der Waals surface area contributed by atoms with Crippen LogP contribution in [0.2, 0.25) is 0 Å². The standard InChI is InChI=1S/C28H29FN4O4/c1-20-19-33(26-17-21(29)6-8-23(20)26)28(5-4-13-34)31-32(2)12-14-37-27-10-11-30-25-18-22(7-9-24(25)27)36-16-15-35-3/h4-11,13,17-19H,12,14-16H2,1-3H3/b5-4-,31-28+. The maximum absolute atomic E-state index is 14.0. The molecule has 0 unspecified atom stereocenters. The number of aryl methyl sites for hydroxylation is 1. The van der Waals surface area contributed by atoms with Gasteiger partial charge >= 0.3 is 0 Å². The average Bonchev–Trinajstić information content (AvgIpc) is 3.21. The smallest absolute Gasteiger partial charge is 0.157 e. The van der Waals surface area contributed by atoms with Gasteiger partial charge in [-0.25, -0.2) is 4.39 Å². The zero-order chi connectivity index (χ0) is 26.2. The van der Waals surface area contributed by atoms with Crippen molar-refractivity contribution < 1.29 is 23.4 Å². The number of carbonyl (C=O) groups is 1. The number of hydrazone groups is 1. The summed E-state index contributed by atoms with van der Waals surface area (Å²) in [6.07, 6.45) is 7.20. The first-order valence-electron chi connectivity index (χ1n) is 11.8. The molecule has 9 heteroatoms.